The van der Waals surface area contributed by atoms with Crippen molar-refractivity contribution >= 4 is 31.9 Å². The molecule has 0 spiro atoms. The number of rotatable bonds is 2. The molecule has 0 fully saturated rings. The minimum Gasteiger partial charge on any atom is -0.379 e. The molecule has 0 aromatic heterocycles. The minimum absolute atomic E-state index is 0.281. The highest BCUT2D eigenvalue weighted by Crippen LogP contribution is 2.36. The van der Waals surface area contributed by atoms with Crippen molar-refractivity contribution in [2.75, 3.05) is 19.8 Å². The van der Waals surface area contributed by atoms with E-state index in [0.29, 0.717) is 0 Å². The van der Waals surface area contributed by atoms with Crippen molar-refractivity contribution in [3.05, 3.63) is 31.7 Å². The maximum absolute atomic E-state index is 5.69. The Balaban J connectivity index is 2.54. The molecule has 1 aromatic carbocycles. The molecule has 0 radical (unpaired) electrons. The smallest absolute Gasteiger partial charge is 0.0662 e. The molecule has 1 N–H and O–H groups in total. The van der Waals surface area contributed by atoms with Crippen LogP contribution in [0.1, 0.15) is 29.7 Å². The van der Waals surface area contributed by atoms with Crippen LogP contribution in [-0.2, 0) is 11.2 Å². The number of benzene rings is 1. The van der Waals surface area contributed by atoms with E-state index in [-0.39, 0.29) is 6.04 Å². The second-order valence-electron chi connectivity index (χ2n) is 4.32. The van der Waals surface area contributed by atoms with Gasteiger partial charge in [0.1, 0.15) is 0 Å². The van der Waals surface area contributed by atoms with Crippen LogP contribution < -0.4 is 5.32 Å². The summed E-state index contributed by atoms with van der Waals surface area (Å²) in [6.07, 6.45) is 0.969. The normalized spacial score (nSPS) is 19.9. The van der Waals surface area contributed by atoms with Crippen LogP contribution in [0, 0.1) is 6.92 Å². The van der Waals surface area contributed by atoms with E-state index in [1.807, 2.05) is 0 Å². The third-order valence-electron chi connectivity index (χ3n) is 3.12. The van der Waals surface area contributed by atoms with E-state index < -0.39 is 0 Å². The number of ether oxygens (including phenoxy) is 1. The summed E-state index contributed by atoms with van der Waals surface area (Å²) in [5, 5.41) is 3.50. The summed E-state index contributed by atoms with van der Waals surface area (Å²) in [5.74, 6) is 0. The molecule has 94 valence electrons. The van der Waals surface area contributed by atoms with Gasteiger partial charge < -0.3 is 10.1 Å². The van der Waals surface area contributed by atoms with Crippen molar-refractivity contribution < 1.29 is 4.74 Å². The van der Waals surface area contributed by atoms with E-state index in [0.717, 1.165) is 26.2 Å². The van der Waals surface area contributed by atoms with Crippen LogP contribution in [0.25, 0.3) is 0 Å². The molecular weight excluding hydrogens is 346 g/mol. The molecular formula is C13H17Br2NO. The summed E-state index contributed by atoms with van der Waals surface area (Å²) in [4.78, 5) is 0. The quantitative estimate of drug-likeness (QED) is 0.865. The van der Waals surface area contributed by atoms with Gasteiger partial charge in [-0.25, -0.2) is 0 Å². The molecule has 0 bridgehead atoms. The fraction of sp³-hybridized carbons (Fsp3) is 0.538. The van der Waals surface area contributed by atoms with Crippen molar-refractivity contribution in [2.45, 2.75) is 26.3 Å². The van der Waals surface area contributed by atoms with Crippen molar-refractivity contribution in [3.8, 4) is 0 Å². The molecule has 1 unspecified atom stereocenters. The van der Waals surface area contributed by atoms with Crippen molar-refractivity contribution in [1.29, 1.82) is 0 Å². The summed E-state index contributed by atoms with van der Waals surface area (Å²) >= 11 is 7.40. The first-order valence-electron chi connectivity index (χ1n) is 5.93. The highest BCUT2D eigenvalue weighted by Gasteiger charge is 2.23. The molecule has 2 nitrogen and oxygen atoms in total. The molecule has 1 aromatic rings. The monoisotopic (exact) mass is 361 g/mol. The molecule has 2 rings (SSSR count). The average Bonchev–Trinajstić information content (AvgIpc) is 2.50. The maximum atomic E-state index is 5.69. The van der Waals surface area contributed by atoms with Crippen molar-refractivity contribution in [1.82, 2.24) is 5.32 Å². The molecule has 1 aliphatic rings. The lowest BCUT2D eigenvalue weighted by Gasteiger charge is -2.21. The van der Waals surface area contributed by atoms with Crippen LogP contribution in [0.5, 0.6) is 0 Å². The summed E-state index contributed by atoms with van der Waals surface area (Å²) in [6, 6.07) is 2.46. The predicted molar refractivity (Wildman–Crippen MR) is 77.5 cm³/mol. The number of aryl methyl sites for hydroxylation is 1. The van der Waals surface area contributed by atoms with Crippen LogP contribution >= 0.6 is 31.9 Å². The van der Waals surface area contributed by atoms with E-state index in [4.69, 9.17) is 4.74 Å². The van der Waals surface area contributed by atoms with E-state index >= 15 is 0 Å². The Bertz CT molecular complexity index is 420. The van der Waals surface area contributed by atoms with E-state index in [2.05, 4.69) is 57.1 Å². The molecule has 4 heteroatoms. The lowest BCUT2D eigenvalue weighted by atomic mass is 9.97. The van der Waals surface area contributed by atoms with Crippen molar-refractivity contribution in [3.63, 3.8) is 0 Å². The third kappa shape index (κ3) is 2.75. The minimum atomic E-state index is 0.281. The highest BCUT2D eigenvalue weighted by atomic mass is 79.9. The summed E-state index contributed by atoms with van der Waals surface area (Å²) in [6.45, 7) is 6.75. The lowest BCUT2D eigenvalue weighted by Crippen LogP contribution is -2.25. The zero-order valence-electron chi connectivity index (χ0n) is 10.1. The van der Waals surface area contributed by atoms with Crippen LogP contribution in [-0.4, -0.2) is 19.8 Å². The van der Waals surface area contributed by atoms with Gasteiger partial charge >= 0.3 is 0 Å². The maximum Gasteiger partial charge on any atom is 0.0662 e. The van der Waals surface area contributed by atoms with Gasteiger partial charge in [-0.1, -0.05) is 38.8 Å². The fourth-order valence-corrected chi connectivity index (χ4v) is 3.68. The number of hydrogen-bond donors (Lipinski definition) is 1. The molecule has 0 amide bonds. The first kappa shape index (κ1) is 13.5. The van der Waals surface area contributed by atoms with Gasteiger partial charge in [0.25, 0.3) is 0 Å². The zero-order valence-corrected chi connectivity index (χ0v) is 13.3. The topological polar surface area (TPSA) is 21.3 Å². The average molecular weight is 363 g/mol. The predicted octanol–water partition coefficient (Wildman–Crippen LogP) is 3.74. The van der Waals surface area contributed by atoms with E-state index in [9.17, 15) is 0 Å². The molecule has 1 heterocycles. The van der Waals surface area contributed by atoms with Gasteiger partial charge in [0.2, 0.25) is 0 Å². The Morgan fingerprint density at radius 2 is 2.24 bits per heavy atom. The molecule has 1 atom stereocenters. The van der Waals surface area contributed by atoms with E-state index in [1.54, 1.807) is 0 Å². The fourth-order valence-electron chi connectivity index (χ4n) is 2.30. The SMILES string of the molecule is CCNC1COCCc2c(Br)cc(C)c(Br)c21. The molecule has 1 aliphatic heterocycles. The zero-order chi connectivity index (χ0) is 12.4. The number of likely N-dealkylation sites (N-methyl/N-ethyl adjacent to an activating group) is 1. The number of hydrogen-bond acceptors (Lipinski definition) is 2. The number of halogens is 2. The first-order valence-corrected chi connectivity index (χ1v) is 7.52. The standard InChI is InChI=1S/C13H17Br2NO/c1-3-16-11-7-17-5-4-9-10(14)6-8(2)13(15)12(9)11/h6,11,16H,3-5,7H2,1-2H3. The first-order chi connectivity index (χ1) is 8.15. The Labute approximate surface area is 119 Å². The van der Waals surface area contributed by atoms with Crippen molar-refractivity contribution in [2.24, 2.45) is 0 Å². The number of nitrogens with one attached hydrogen (secondary N) is 1. The molecule has 0 saturated carbocycles. The molecule has 0 aliphatic carbocycles. The third-order valence-corrected chi connectivity index (χ3v) is 4.88. The summed E-state index contributed by atoms with van der Waals surface area (Å²) in [5.41, 5.74) is 3.99. The Kier molecular flexibility index (Phi) is 4.64. The van der Waals surface area contributed by atoms with Gasteiger partial charge in [-0.2, -0.15) is 0 Å². The highest BCUT2D eigenvalue weighted by molar-refractivity contribution is 9.11. The second-order valence-corrected chi connectivity index (χ2v) is 5.96. The van der Waals surface area contributed by atoms with Crippen LogP contribution in [0.15, 0.2) is 15.0 Å². The van der Waals surface area contributed by atoms with Gasteiger partial charge in [-0.15, -0.1) is 0 Å². The molecule has 17 heavy (non-hydrogen) atoms. The van der Waals surface area contributed by atoms with E-state index in [1.165, 1.54) is 25.6 Å². The van der Waals surface area contributed by atoms with Crippen LogP contribution in [0.4, 0.5) is 0 Å². The Morgan fingerprint density at radius 3 is 2.94 bits per heavy atom. The van der Waals surface area contributed by atoms with Crippen LogP contribution in [0.3, 0.4) is 0 Å². The lowest BCUT2D eigenvalue weighted by molar-refractivity contribution is 0.122. The summed E-state index contributed by atoms with van der Waals surface area (Å²) < 4.78 is 8.10. The van der Waals surface area contributed by atoms with Gasteiger partial charge in [0.15, 0.2) is 0 Å². The molecule has 0 saturated heterocycles. The summed E-state index contributed by atoms with van der Waals surface area (Å²) in [7, 11) is 0. The van der Waals surface area contributed by atoms with Gasteiger partial charge in [-0.05, 0) is 42.6 Å². The second kappa shape index (κ2) is 5.83. The largest absolute Gasteiger partial charge is 0.379 e. The Morgan fingerprint density at radius 1 is 1.47 bits per heavy atom. The van der Waals surface area contributed by atoms with Gasteiger partial charge in [-0.3, -0.25) is 0 Å². The van der Waals surface area contributed by atoms with Crippen LogP contribution in [0.2, 0.25) is 0 Å². The van der Waals surface area contributed by atoms with Gasteiger partial charge in [0, 0.05) is 8.95 Å². The number of fused-ring (bicyclic) bond motifs is 1. The Hall–Kier alpha value is 0.1000. The van der Waals surface area contributed by atoms with Gasteiger partial charge in [0.05, 0.1) is 19.3 Å².